The Bertz CT molecular complexity index is 504. The van der Waals surface area contributed by atoms with Crippen molar-refractivity contribution in [3.63, 3.8) is 0 Å². The van der Waals surface area contributed by atoms with Crippen molar-refractivity contribution in [3.05, 3.63) is 53.9 Å². The molecule has 2 rings (SSSR count). The first-order valence-electron chi connectivity index (χ1n) is 5.74. The predicted octanol–water partition coefficient (Wildman–Crippen LogP) is 1.59. The molecular formula is C13H17FN4. The highest BCUT2D eigenvalue weighted by molar-refractivity contribution is 5.25. The third kappa shape index (κ3) is 2.75. The topological polar surface area (TPSA) is 47.1 Å². The van der Waals surface area contributed by atoms with Gasteiger partial charge in [-0.05, 0) is 31.8 Å². The molecule has 0 aliphatic heterocycles. The Morgan fingerprint density at radius 1 is 1.33 bits per heavy atom. The molecule has 0 spiro atoms. The number of aromatic nitrogens is 2. The molecule has 0 aliphatic carbocycles. The third-order valence-electron chi connectivity index (χ3n) is 2.69. The van der Waals surface area contributed by atoms with Gasteiger partial charge in [0, 0.05) is 12.4 Å². The predicted molar refractivity (Wildman–Crippen MR) is 68.3 cm³/mol. The molecule has 18 heavy (non-hydrogen) atoms. The smallest absolute Gasteiger partial charge is 0.131 e. The standard InChI is InChI=1S/C13H17FN4/c1-17(2)9-18-8-7-16-13(18)12(15)10-3-5-11(14)6-4-10/h3-8,12H,9,15H2,1-2H3. The maximum absolute atomic E-state index is 12.9. The third-order valence-corrected chi connectivity index (χ3v) is 2.69. The summed E-state index contributed by atoms with van der Waals surface area (Å²) >= 11 is 0. The Hall–Kier alpha value is -1.72. The number of benzene rings is 1. The maximum Gasteiger partial charge on any atom is 0.131 e. The van der Waals surface area contributed by atoms with Gasteiger partial charge in [-0.3, -0.25) is 4.90 Å². The molecule has 0 amide bonds. The lowest BCUT2D eigenvalue weighted by atomic mass is 10.1. The van der Waals surface area contributed by atoms with Gasteiger partial charge >= 0.3 is 0 Å². The van der Waals surface area contributed by atoms with Crippen molar-refractivity contribution < 1.29 is 4.39 Å². The number of halogens is 1. The molecular weight excluding hydrogens is 231 g/mol. The quantitative estimate of drug-likeness (QED) is 0.893. The molecule has 2 aromatic rings. The van der Waals surface area contributed by atoms with Crippen molar-refractivity contribution in [2.75, 3.05) is 14.1 Å². The van der Waals surface area contributed by atoms with Crippen LogP contribution in [0.3, 0.4) is 0 Å². The van der Waals surface area contributed by atoms with Gasteiger partial charge in [0.15, 0.2) is 0 Å². The van der Waals surface area contributed by atoms with E-state index in [4.69, 9.17) is 5.73 Å². The highest BCUT2D eigenvalue weighted by Gasteiger charge is 2.14. The average molecular weight is 248 g/mol. The normalized spacial score (nSPS) is 12.9. The van der Waals surface area contributed by atoms with Crippen LogP contribution in [0.2, 0.25) is 0 Å². The van der Waals surface area contributed by atoms with E-state index >= 15 is 0 Å². The van der Waals surface area contributed by atoms with Gasteiger partial charge in [-0.25, -0.2) is 9.37 Å². The first-order valence-corrected chi connectivity index (χ1v) is 5.74. The minimum absolute atomic E-state index is 0.261. The van der Waals surface area contributed by atoms with Gasteiger partial charge in [0.1, 0.15) is 11.6 Å². The van der Waals surface area contributed by atoms with E-state index in [0.29, 0.717) is 6.67 Å². The summed E-state index contributed by atoms with van der Waals surface area (Å²) in [7, 11) is 3.96. The largest absolute Gasteiger partial charge is 0.320 e. The van der Waals surface area contributed by atoms with E-state index < -0.39 is 0 Å². The second-order valence-electron chi connectivity index (χ2n) is 4.51. The lowest BCUT2D eigenvalue weighted by Gasteiger charge is -2.17. The van der Waals surface area contributed by atoms with Crippen LogP contribution in [0.4, 0.5) is 4.39 Å². The van der Waals surface area contributed by atoms with Crippen molar-refractivity contribution in [2.24, 2.45) is 5.73 Å². The van der Waals surface area contributed by atoms with Gasteiger partial charge in [0.25, 0.3) is 0 Å². The van der Waals surface area contributed by atoms with Gasteiger partial charge in [0.2, 0.25) is 0 Å². The van der Waals surface area contributed by atoms with Crippen molar-refractivity contribution in [1.82, 2.24) is 14.5 Å². The van der Waals surface area contributed by atoms with Gasteiger partial charge in [-0.15, -0.1) is 0 Å². The Balaban J connectivity index is 2.25. The van der Waals surface area contributed by atoms with Gasteiger partial charge in [-0.1, -0.05) is 12.1 Å². The van der Waals surface area contributed by atoms with Crippen LogP contribution in [0.1, 0.15) is 17.4 Å². The van der Waals surface area contributed by atoms with Crippen LogP contribution in [0.25, 0.3) is 0 Å². The van der Waals surface area contributed by atoms with E-state index in [2.05, 4.69) is 4.98 Å². The molecule has 0 saturated carbocycles. The van der Waals surface area contributed by atoms with E-state index in [1.54, 1.807) is 18.3 Å². The van der Waals surface area contributed by atoms with Crippen LogP contribution in [0.15, 0.2) is 36.7 Å². The Labute approximate surface area is 106 Å². The summed E-state index contributed by atoms with van der Waals surface area (Å²) in [4.78, 5) is 6.32. The van der Waals surface area contributed by atoms with E-state index in [1.165, 1.54) is 12.1 Å². The first-order chi connectivity index (χ1) is 8.58. The van der Waals surface area contributed by atoms with Crippen LogP contribution < -0.4 is 5.73 Å². The van der Waals surface area contributed by atoms with Gasteiger partial charge < -0.3 is 10.3 Å². The summed E-state index contributed by atoms with van der Waals surface area (Å²) < 4.78 is 14.9. The van der Waals surface area contributed by atoms with Gasteiger partial charge in [-0.2, -0.15) is 0 Å². The van der Waals surface area contributed by atoms with E-state index in [0.717, 1.165) is 11.4 Å². The molecule has 1 aromatic heterocycles. The van der Waals surface area contributed by atoms with E-state index in [-0.39, 0.29) is 11.9 Å². The highest BCUT2D eigenvalue weighted by atomic mass is 19.1. The highest BCUT2D eigenvalue weighted by Crippen LogP contribution is 2.18. The summed E-state index contributed by atoms with van der Waals surface area (Å²) in [6.07, 6.45) is 3.61. The average Bonchev–Trinajstić information content (AvgIpc) is 2.76. The zero-order valence-corrected chi connectivity index (χ0v) is 10.5. The number of imidazole rings is 1. The lowest BCUT2D eigenvalue weighted by Crippen LogP contribution is -2.23. The van der Waals surface area contributed by atoms with Crippen LogP contribution in [-0.2, 0) is 6.67 Å². The number of nitrogens with zero attached hydrogens (tertiary/aromatic N) is 3. The van der Waals surface area contributed by atoms with E-state index in [9.17, 15) is 4.39 Å². The van der Waals surface area contributed by atoms with Crippen LogP contribution in [-0.4, -0.2) is 28.5 Å². The summed E-state index contributed by atoms with van der Waals surface area (Å²) in [5.41, 5.74) is 7.01. The zero-order valence-electron chi connectivity index (χ0n) is 10.5. The summed E-state index contributed by atoms with van der Waals surface area (Å²) in [6.45, 7) is 0.713. The molecule has 1 heterocycles. The zero-order chi connectivity index (χ0) is 13.1. The maximum atomic E-state index is 12.9. The number of hydrogen-bond donors (Lipinski definition) is 1. The molecule has 5 heteroatoms. The van der Waals surface area contributed by atoms with Crippen molar-refractivity contribution >= 4 is 0 Å². The Kier molecular flexibility index (Phi) is 3.74. The van der Waals surface area contributed by atoms with Crippen molar-refractivity contribution in [3.8, 4) is 0 Å². The van der Waals surface area contributed by atoms with Crippen molar-refractivity contribution in [1.29, 1.82) is 0 Å². The fourth-order valence-corrected chi connectivity index (χ4v) is 1.84. The first kappa shape index (κ1) is 12.7. The molecule has 2 N–H and O–H groups in total. The molecule has 0 aliphatic rings. The number of hydrogen-bond acceptors (Lipinski definition) is 3. The molecule has 1 aromatic carbocycles. The second kappa shape index (κ2) is 5.29. The fraction of sp³-hybridized carbons (Fsp3) is 0.308. The Morgan fingerprint density at radius 3 is 2.61 bits per heavy atom. The van der Waals surface area contributed by atoms with Crippen LogP contribution in [0.5, 0.6) is 0 Å². The molecule has 96 valence electrons. The minimum atomic E-state index is -0.347. The molecule has 1 atom stereocenters. The Morgan fingerprint density at radius 2 is 2.00 bits per heavy atom. The summed E-state index contributed by atoms with van der Waals surface area (Å²) in [5, 5.41) is 0. The molecule has 0 fully saturated rings. The number of nitrogens with two attached hydrogens (primary N) is 1. The van der Waals surface area contributed by atoms with Crippen molar-refractivity contribution in [2.45, 2.75) is 12.7 Å². The molecule has 0 bridgehead atoms. The fourth-order valence-electron chi connectivity index (χ4n) is 1.84. The summed E-state index contributed by atoms with van der Waals surface area (Å²) in [5.74, 6) is 0.512. The van der Waals surface area contributed by atoms with Crippen LogP contribution in [0, 0.1) is 5.82 Å². The molecule has 0 saturated heterocycles. The van der Waals surface area contributed by atoms with Crippen LogP contribution >= 0.6 is 0 Å². The lowest BCUT2D eigenvalue weighted by molar-refractivity contribution is 0.318. The monoisotopic (exact) mass is 248 g/mol. The number of rotatable bonds is 4. The molecule has 4 nitrogen and oxygen atoms in total. The molecule has 1 unspecified atom stereocenters. The second-order valence-corrected chi connectivity index (χ2v) is 4.51. The van der Waals surface area contributed by atoms with Gasteiger partial charge in [0.05, 0.1) is 12.7 Å². The van der Waals surface area contributed by atoms with E-state index in [1.807, 2.05) is 29.8 Å². The minimum Gasteiger partial charge on any atom is -0.320 e. The SMILES string of the molecule is CN(C)Cn1ccnc1C(N)c1ccc(F)cc1. The molecule has 0 radical (unpaired) electrons. The summed E-state index contributed by atoms with van der Waals surface area (Å²) in [6, 6.07) is 5.85.